The van der Waals surface area contributed by atoms with Crippen molar-refractivity contribution in [3.05, 3.63) is 21.9 Å². The number of thiophene rings is 1. The van der Waals surface area contributed by atoms with Crippen molar-refractivity contribution in [2.24, 2.45) is 0 Å². The number of aryl methyl sites for hydroxylation is 1. The van der Waals surface area contributed by atoms with Crippen LogP contribution < -0.4 is 5.32 Å². The largest absolute Gasteiger partial charge is 0.309 e. The van der Waals surface area contributed by atoms with E-state index in [1.165, 1.54) is 29.7 Å². The molecule has 0 amide bonds. The molecule has 1 aliphatic rings. The van der Waals surface area contributed by atoms with Gasteiger partial charge in [0, 0.05) is 17.8 Å². The number of nitrogens with one attached hydrogen (secondary N) is 1. The average Bonchev–Trinajstić information content (AvgIpc) is 2.63. The average molecular weight is 241 g/mol. The molecule has 0 spiro atoms. The summed E-state index contributed by atoms with van der Waals surface area (Å²) in [6.45, 7) is 5.60. The molecular formula is C12H19NS2. The molecule has 2 unspecified atom stereocenters. The Morgan fingerprint density at radius 1 is 1.47 bits per heavy atom. The third-order valence-corrected chi connectivity index (χ3v) is 5.41. The summed E-state index contributed by atoms with van der Waals surface area (Å²) in [7, 11) is 0. The van der Waals surface area contributed by atoms with E-state index in [9.17, 15) is 0 Å². The zero-order valence-corrected chi connectivity index (χ0v) is 11.1. The van der Waals surface area contributed by atoms with Crippen molar-refractivity contribution in [2.45, 2.75) is 44.5 Å². The van der Waals surface area contributed by atoms with Crippen LogP contribution in [0.2, 0.25) is 0 Å². The molecule has 15 heavy (non-hydrogen) atoms. The predicted molar refractivity (Wildman–Crippen MR) is 70.8 cm³/mol. The van der Waals surface area contributed by atoms with Gasteiger partial charge in [-0.15, -0.1) is 0 Å². The van der Waals surface area contributed by atoms with Gasteiger partial charge in [-0.1, -0.05) is 6.92 Å². The van der Waals surface area contributed by atoms with E-state index in [2.05, 4.69) is 41.7 Å². The van der Waals surface area contributed by atoms with E-state index in [4.69, 9.17) is 0 Å². The monoisotopic (exact) mass is 241 g/mol. The van der Waals surface area contributed by atoms with Gasteiger partial charge in [-0.2, -0.15) is 23.1 Å². The molecule has 1 aromatic rings. The number of hydrogen-bond acceptors (Lipinski definition) is 3. The molecule has 0 saturated carbocycles. The molecule has 0 radical (unpaired) electrons. The molecule has 0 aliphatic carbocycles. The van der Waals surface area contributed by atoms with Crippen LogP contribution in [0.3, 0.4) is 0 Å². The van der Waals surface area contributed by atoms with E-state index in [1.54, 1.807) is 0 Å². The summed E-state index contributed by atoms with van der Waals surface area (Å²) < 4.78 is 0. The third kappa shape index (κ3) is 2.99. The van der Waals surface area contributed by atoms with Crippen LogP contribution in [0.25, 0.3) is 0 Å². The lowest BCUT2D eigenvalue weighted by Crippen LogP contribution is -2.38. The van der Waals surface area contributed by atoms with Crippen molar-refractivity contribution >= 4 is 23.1 Å². The first kappa shape index (κ1) is 11.5. The lowest BCUT2D eigenvalue weighted by atomic mass is 10.1. The molecule has 0 bridgehead atoms. The molecule has 2 rings (SSSR count). The highest BCUT2D eigenvalue weighted by atomic mass is 32.2. The highest BCUT2D eigenvalue weighted by Crippen LogP contribution is 2.25. The highest BCUT2D eigenvalue weighted by molar-refractivity contribution is 7.99. The second-order valence-corrected chi connectivity index (χ2v) is 6.51. The standard InChI is InChI=1S/C12H19NS2/c1-9-7-14-8-11(9)6-13-12-4-3-5-15-10(12)2/h7-8,10,12-13H,3-6H2,1-2H3. The van der Waals surface area contributed by atoms with Crippen molar-refractivity contribution < 1.29 is 0 Å². The van der Waals surface area contributed by atoms with Gasteiger partial charge in [-0.3, -0.25) is 0 Å². The molecule has 0 aromatic carbocycles. The van der Waals surface area contributed by atoms with Gasteiger partial charge in [0.1, 0.15) is 0 Å². The van der Waals surface area contributed by atoms with Crippen LogP contribution in [-0.4, -0.2) is 17.0 Å². The third-order valence-electron chi connectivity index (χ3n) is 3.12. The summed E-state index contributed by atoms with van der Waals surface area (Å²) in [5, 5.41) is 8.98. The minimum atomic E-state index is 0.711. The van der Waals surface area contributed by atoms with E-state index in [0.717, 1.165) is 11.8 Å². The van der Waals surface area contributed by atoms with E-state index in [0.29, 0.717) is 6.04 Å². The molecule has 1 N–H and O–H groups in total. The Morgan fingerprint density at radius 3 is 3.00 bits per heavy atom. The van der Waals surface area contributed by atoms with E-state index < -0.39 is 0 Å². The first-order valence-electron chi connectivity index (χ1n) is 5.64. The van der Waals surface area contributed by atoms with Crippen molar-refractivity contribution in [1.82, 2.24) is 5.32 Å². The molecule has 84 valence electrons. The minimum Gasteiger partial charge on any atom is -0.309 e. The smallest absolute Gasteiger partial charge is 0.0219 e. The SMILES string of the molecule is Cc1cscc1CNC1CCCSC1C. The highest BCUT2D eigenvalue weighted by Gasteiger charge is 2.21. The molecular weight excluding hydrogens is 222 g/mol. The molecule has 3 heteroatoms. The zero-order chi connectivity index (χ0) is 10.7. The molecule has 1 fully saturated rings. The van der Waals surface area contributed by atoms with Crippen LogP contribution in [0.4, 0.5) is 0 Å². The molecule has 1 saturated heterocycles. The molecule has 2 atom stereocenters. The van der Waals surface area contributed by atoms with Crippen LogP contribution in [0.1, 0.15) is 30.9 Å². The van der Waals surface area contributed by atoms with Crippen LogP contribution in [0, 0.1) is 6.92 Å². The van der Waals surface area contributed by atoms with Crippen LogP contribution in [0.15, 0.2) is 10.8 Å². The minimum absolute atomic E-state index is 0.711. The number of hydrogen-bond donors (Lipinski definition) is 1. The van der Waals surface area contributed by atoms with Gasteiger partial charge in [-0.25, -0.2) is 0 Å². The topological polar surface area (TPSA) is 12.0 Å². The summed E-state index contributed by atoms with van der Waals surface area (Å²) in [4.78, 5) is 0. The maximum Gasteiger partial charge on any atom is 0.0219 e. The van der Waals surface area contributed by atoms with Gasteiger partial charge in [-0.05, 0) is 47.4 Å². The van der Waals surface area contributed by atoms with E-state index in [1.807, 2.05) is 11.3 Å². The maximum absolute atomic E-state index is 3.70. The number of rotatable bonds is 3. The van der Waals surface area contributed by atoms with Crippen molar-refractivity contribution in [3.63, 3.8) is 0 Å². The Hall–Kier alpha value is 0.01000. The Bertz CT molecular complexity index is 308. The van der Waals surface area contributed by atoms with Gasteiger partial charge >= 0.3 is 0 Å². The van der Waals surface area contributed by atoms with Crippen LogP contribution in [0.5, 0.6) is 0 Å². The van der Waals surface area contributed by atoms with Crippen molar-refractivity contribution in [2.75, 3.05) is 5.75 Å². The lowest BCUT2D eigenvalue weighted by molar-refractivity contribution is 0.462. The Labute approximate surface area is 101 Å². The molecule has 1 aromatic heterocycles. The summed E-state index contributed by atoms with van der Waals surface area (Å²) in [5.74, 6) is 1.34. The Balaban J connectivity index is 1.84. The molecule has 2 heterocycles. The van der Waals surface area contributed by atoms with Gasteiger partial charge in [0.05, 0.1) is 0 Å². The van der Waals surface area contributed by atoms with Gasteiger partial charge in [0.2, 0.25) is 0 Å². The Kier molecular flexibility index (Phi) is 4.12. The van der Waals surface area contributed by atoms with Crippen LogP contribution >= 0.6 is 23.1 Å². The van der Waals surface area contributed by atoms with Crippen LogP contribution in [-0.2, 0) is 6.54 Å². The first-order valence-corrected chi connectivity index (χ1v) is 7.63. The second-order valence-electron chi connectivity index (χ2n) is 4.29. The lowest BCUT2D eigenvalue weighted by Gasteiger charge is -2.29. The molecule has 1 aliphatic heterocycles. The summed E-state index contributed by atoms with van der Waals surface area (Å²) in [6, 6.07) is 0.711. The number of thioether (sulfide) groups is 1. The van der Waals surface area contributed by atoms with Gasteiger partial charge in [0.15, 0.2) is 0 Å². The zero-order valence-electron chi connectivity index (χ0n) is 9.45. The van der Waals surface area contributed by atoms with Crippen molar-refractivity contribution in [1.29, 1.82) is 0 Å². The summed E-state index contributed by atoms with van der Waals surface area (Å²) in [5.41, 5.74) is 2.91. The fourth-order valence-electron chi connectivity index (χ4n) is 2.00. The quantitative estimate of drug-likeness (QED) is 0.870. The first-order chi connectivity index (χ1) is 7.27. The summed E-state index contributed by atoms with van der Waals surface area (Å²) in [6.07, 6.45) is 2.71. The van der Waals surface area contributed by atoms with Gasteiger partial charge in [0.25, 0.3) is 0 Å². The second kappa shape index (κ2) is 5.37. The Morgan fingerprint density at radius 2 is 2.33 bits per heavy atom. The fourth-order valence-corrected chi connectivity index (χ4v) is 4.03. The molecule has 1 nitrogen and oxygen atoms in total. The van der Waals surface area contributed by atoms with E-state index >= 15 is 0 Å². The van der Waals surface area contributed by atoms with Crippen molar-refractivity contribution in [3.8, 4) is 0 Å². The fraction of sp³-hybridized carbons (Fsp3) is 0.667. The van der Waals surface area contributed by atoms with Gasteiger partial charge < -0.3 is 5.32 Å². The summed E-state index contributed by atoms with van der Waals surface area (Å²) >= 11 is 3.92. The van der Waals surface area contributed by atoms with E-state index in [-0.39, 0.29) is 0 Å². The predicted octanol–water partition coefficient (Wildman–Crippen LogP) is 3.43. The normalized spacial score (nSPS) is 26.8. The maximum atomic E-state index is 3.70.